The quantitative estimate of drug-likeness (QED) is 0.770. The van der Waals surface area contributed by atoms with Crippen molar-refractivity contribution in [3.63, 3.8) is 0 Å². The minimum Gasteiger partial charge on any atom is -0.379 e. The fraction of sp³-hybridized carbons (Fsp3) is 0.778. The van der Waals surface area contributed by atoms with E-state index in [0.717, 1.165) is 0 Å². The van der Waals surface area contributed by atoms with Crippen molar-refractivity contribution in [3.8, 4) is 0 Å². The van der Waals surface area contributed by atoms with E-state index in [4.69, 9.17) is 4.74 Å². The summed E-state index contributed by atoms with van der Waals surface area (Å²) < 4.78 is 32.3. The Morgan fingerprint density at radius 1 is 1.44 bits per heavy atom. The first-order valence-corrected chi connectivity index (χ1v) is 7.07. The number of H-pyrrole nitrogens is 1. The van der Waals surface area contributed by atoms with Crippen molar-refractivity contribution in [2.24, 2.45) is 0 Å². The molecule has 0 amide bonds. The van der Waals surface area contributed by atoms with E-state index in [2.05, 4.69) is 15.2 Å². The van der Waals surface area contributed by atoms with Crippen LogP contribution in [0.5, 0.6) is 0 Å². The minimum atomic E-state index is -3.46. The normalized spacial score (nSPS) is 18.4. The van der Waals surface area contributed by atoms with Gasteiger partial charge in [-0.15, -0.1) is 0 Å². The number of ether oxygens (including phenoxy) is 1. The van der Waals surface area contributed by atoms with E-state index < -0.39 is 10.2 Å². The summed E-state index contributed by atoms with van der Waals surface area (Å²) in [7, 11) is -1.93. The standard InChI is InChI=1S/C9H17N5O3S/c1-8-10-9(12-11-8)7-13(2)18(15,16)14-3-5-17-6-4-14/h3-7H2,1-2H3,(H,10,11,12). The van der Waals surface area contributed by atoms with Crippen molar-refractivity contribution >= 4 is 10.2 Å². The van der Waals surface area contributed by atoms with E-state index in [0.29, 0.717) is 38.0 Å². The van der Waals surface area contributed by atoms with Crippen LogP contribution in [0.25, 0.3) is 0 Å². The SMILES string of the molecule is Cc1nc(CN(C)S(=O)(=O)N2CCOCC2)n[nH]1. The van der Waals surface area contributed by atoms with E-state index >= 15 is 0 Å². The highest BCUT2D eigenvalue weighted by molar-refractivity contribution is 7.86. The van der Waals surface area contributed by atoms with E-state index in [1.165, 1.54) is 15.7 Å². The molecule has 8 nitrogen and oxygen atoms in total. The first-order chi connectivity index (χ1) is 8.50. The van der Waals surface area contributed by atoms with Gasteiger partial charge in [-0.05, 0) is 6.92 Å². The summed E-state index contributed by atoms with van der Waals surface area (Å²) in [4.78, 5) is 4.09. The van der Waals surface area contributed by atoms with Gasteiger partial charge in [0.2, 0.25) is 0 Å². The summed E-state index contributed by atoms with van der Waals surface area (Å²) in [6.07, 6.45) is 0. The molecule has 0 saturated carbocycles. The molecular weight excluding hydrogens is 258 g/mol. The molecule has 1 saturated heterocycles. The maximum Gasteiger partial charge on any atom is 0.282 e. The second kappa shape index (κ2) is 5.31. The van der Waals surface area contributed by atoms with E-state index in [9.17, 15) is 8.42 Å². The second-order valence-corrected chi connectivity index (χ2v) is 6.15. The van der Waals surface area contributed by atoms with Crippen molar-refractivity contribution in [2.75, 3.05) is 33.4 Å². The lowest BCUT2D eigenvalue weighted by Crippen LogP contribution is -2.47. The minimum absolute atomic E-state index is 0.157. The Kier molecular flexibility index (Phi) is 3.95. The van der Waals surface area contributed by atoms with Crippen LogP contribution in [0.2, 0.25) is 0 Å². The van der Waals surface area contributed by atoms with Crippen molar-refractivity contribution in [1.82, 2.24) is 23.8 Å². The number of aromatic amines is 1. The van der Waals surface area contributed by atoms with Gasteiger partial charge in [0.1, 0.15) is 5.82 Å². The molecule has 2 rings (SSSR count). The third-order valence-corrected chi connectivity index (χ3v) is 4.63. The summed E-state index contributed by atoms with van der Waals surface area (Å²) in [5.41, 5.74) is 0. The largest absolute Gasteiger partial charge is 0.379 e. The number of aromatic nitrogens is 3. The Morgan fingerprint density at radius 3 is 2.67 bits per heavy atom. The van der Waals surface area contributed by atoms with Crippen molar-refractivity contribution < 1.29 is 13.2 Å². The fourth-order valence-electron chi connectivity index (χ4n) is 1.71. The number of hydrogen-bond acceptors (Lipinski definition) is 5. The summed E-state index contributed by atoms with van der Waals surface area (Å²) in [6.45, 7) is 3.58. The molecule has 0 aliphatic carbocycles. The van der Waals surface area contributed by atoms with Crippen LogP contribution in [0.4, 0.5) is 0 Å². The van der Waals surface area contributed by atoms with Crippen LogP contribution in [-0.2, 0) is 21.5 Å². The van der Waals surface area contributed by atoms with Gasteiger partial charge in [-0.3, -0.25) is 5.10 Å². The molecule has 2 heterocycles. The van der Waals surface area contributed by atoms with E-state index in [1.54, 1.807) is 6.92 Å². The molecule has 102 valence electrons. The lowest BCUT2D eigenvalue weighted by atomic mass is 10.5. The van der Waals surface area contributed by atoms with Gasteiger partial charge in [-0.2, -0.15) is 22.1 Å². The van der Waals surface area contributed by atoms with Gasteiger partial charge in [0, 0.05) is 20.1 Å². The molecule has 9 heteroatoms. The molecule has 1 aliphatic heterocycles. The van der Waals surface area contributed by atoms with Crippen LogP contribution in [0.1, 0.15) is 11.6 Å². The van der Waals surface area contributed by atoms with Crippen LogP contribution in [0, 0.1) is 6.92 Å². The number of nitrogens with zero attached hydrogens (tertiary/aromatic N) is 4. The first kappa shape index (κ1) is 13.4. The van der Waals surface area contributed by atoms with Crippen LogP contribution in [-0.4, -0.2) is 65.6 Å². The smallest absolute Gasteiger partial charge is 0.282 e. The lowest BCUT2D eigenvalue weighted by Gasteiger charge is -2.29. The second-order valence-electron chi connectivity index (χ2n) is 4.11. The summed E-state index contributed by atoms with van der Waals surface area (Å²) >= 11 is 0. The van der Waals surface area contributed by atoms with Crippen LogP contribution in [0.15, 0.2) is 0 Å². The molecule has 1 N–H and O–H groups in total. The molecule has 0 atom stereocenters. The van der Waals surface area contributed by atoms with Crippen LogP contribution < -0.4 is 0 Å². The molecule has 1 aliphatic rings. The molecule has 0 unspecified atom stereocenters. The summed E-state index contributed by atoms with van der Waals surface area (Å²) in [6, 6.07) is 0. The molecule has 18 heavy (non-hydrogen) atoms. The number of hydrogen-bond donors (Lipinski definition) is 1. The van der Waals surface area contributed by atoms with Crippen molar-refractivity contribution in [1.29, 1.82) is 0 Å². The molecule has 0 spiro atoms. The third kappa shape index (κ3) is 2.86. The number of aryl methyl sites for hydroxylation is 1. The highest BCUT2D eigenvalue weighted by Crippen LogP contribution is 2.11. The molecule has 1 aromatic heterocycles. The summed E-state index contributed by atoms with van der Waals surface area (Å²) in [5.74, 6) is 1.13. The highest BCUT2D eigenvalue weighted by Gasteiger charge is 2.29. The van der Waals surface area contributed by atoms with Gasteiger partial charge >= 0.3 is 0 Å². The van der Waals surface area contributed by atoms with Gasteiger partial charge in [-0.1, -0.05) is 0 Å². The Morgan fingerprint density at radius 2 is 2.11 bits per heavy atom. The van der Waals surface area contributed by atoms with Gasteiger partial charge < -0.3 is 4.74 Å². The maximum absolute atomic E-state index is 12.2. The maximum atomic E-state index is 12.2. The van der Waals surface area contributed by atoms with Gasteiger partial charge in [0.15, 0.2) is 5.82 Å². The highest BCUT2D eigenvalue weighted by atomic mass is 32.2. The van der Waals surface area contributed by atoms with Gasteiger partial charge in [-0.25, -0.2) is 4.98 Å². The van der Waals surface area contributed by atoms with Crippen molar-refractivity contribution in [3.05, 3.63) is 11.6 Å². The average molecular weight is 275 g/mol. The predicted molar refractivity (Wildman–Crippen MR) is 63.9 cm³/mol. The van der Waals surface area contributed by atoms with E-state index in [-0.39, 0.29) is 6.54 Å². The summed E-state index contributed by atoms with van der Waals surface area (Å²) in [5, 5.41) is 6.62. The molecule has 0 radical (unpaired) electrons. The molecule has 1 fully saturated rings. The molecular formula is C9H17N5O3S. The zero-order valence-corrected chi connectivity index (χ0v) is 11.3. The number of rotatable bonds is 4. The molecule has 0 bridgehead atoms. The Labute approximate surface area is 106 Å². The van der Waals surface area contributed by atoms with Gasteiger partial charge in [0.25, 0.3) is 10.2 Å². The number of nitrogens with one attached hydrogen (secondary N) is 1. The lowest BCUT2D eigenvalue weighted by molar-refractivity contribution is 0.0705. The Hall–Kier alpha value is -1.03. The molecule has 1 aromatic rings. The Bertz CT molecular complexity index is 494. The zero-order valence-electron chi connectivity index (χ0n) is 10.5. The van der Waals surface area contributed by atoms with Crippen LogP contribution in [0.3, 0.4) is 0 Å². The molecule has 0 aromatic carbocycles. The predicted octanol–water partition coefficient (Wildman–Crippen LogP) is -0.878. The topological polar surface area (TPSA) is 91.4 Å². The fourth-order valence-corrected chi connectivity index (χ4v) is 3.00. The van der Waals surface area contributed by atoms with E-state index in [1.807, 2.05) is 0 Å². The van der Waals surface area contributed by atoms with Gasteiger partial charge in [0.05, 0.1) is 19.8 Å². The average Bonchev–Trinajstić information content (AvgIpc) is 2.76. The van der Waals surface area contributed by atoms with Crippen molar-refractivity contribution in [2.45, 2.75) is 13.5 Å². The first-order valence-electron chi connectivity index (χ1n) is 5.67. The Balaban J connectivity index is 2.04. The third-order valence-electron chi connectivity index (χ3n) is 2.70. The van der Waals surface area contributed by atoms with Crippen LogP contribution >= 0.6 is 0 Å². The zero-order chi connectivity index (χ0) is 13.2. The number of morpholine rings is 1. The monoisotopic (exact) mass is 275 g/mol.